The van der Waals surface area contributed by atoms with E-state index >= 15 is 0 Å². The van der Waals surface area contributed by atoms with Gasteiger partial charge in [-0.05, 0) is 38.0 Å². The summed E-state index contributed by atoms with van der Waals surface area (Å²) >= 11 is 0. The molecule has 0 spiro atoms. The summed E-state index contributed by atoms with van der Waals surface area (Å²) in [6, 6.07) is 0. The number of ether oxygens (including phenoxy) is 2. The van der Waals surface area contributed by atoms with Gasteiger partial charge < -0.3 is 20.1 Å². The van der Waals surface area contributed by atoms with Gasteiger partial charge in [-0.2, -0.15) is 0 Å². The highest BCUT2D eigenvalue weighted by molar-refractivity contribution is 14.0. The molecule has 24 heavy (non-hydrogen) atoms. The summed E-state index contributed by atoms with van der Waals surface area (Å²) in [5.41, 5.74) is 0.184. The lowest BCUT2D eigenvalue weighted by Crippen LogP contribution is -2.47. The molecule has 2 atom stereocenters. The second-order valence-corrected chi connectivity index (χ2v) is 7.34. The molecule has 2 unspecified atom stereocenters. The van der Waals surface area contributed by atoms with Gasteiger partial charge in [0.25, 0.3) is 0 Å². The molecule has 1 saturated heterocycles. The summed E-state index contributed by atoms with van der Waals surface area (Å²) in [6.07, 6.45) is 4.87. The number of unbranched alkanes of at least 4 members (excludes halogenated alkanes) is 1. The van der Waals surface area contributed by atoms with Crippen LogP contribution in [0.15, 0.2) is 4.99 Å². The van der Waals surface area contributed by atoms with Crippen LogP contribution in [0.25, 0.3) is 0 Å². The van der Waals surface area contributed by atoms with E-state index < -0.39 is 0 Å². The van der Waals surface area contributed by atoms with E-state index in [0.29, 0.717) is 12.0 Å². The second kappa shape index (κ2) is 13.2. The number of nitrogens with zero attached hydrogens (tertiary/aromatic N) is 1. The van der Waals surface area contributed by atoms with Gasteiger partial charge in [0, 0.05) is 45.9 Å². The fraction of sp³-hybridized carbons (Fsp3) is 0.944. The fourth-order valence-corrected chi connectivity index (χ4v) is 3.14. The lowest BCUT2D eigenvalue weighted by molar-refractivity contribution is -0.0835. The van der Waals surface area contributed by atoms with Crippen molar-refractivity contribution in [1.82, 2.24) is 10.6 Å². The molecule has 1 aliphatic rings. The van der Waals surface area contributed by atoms with Crippen LogP contribution in [0.1, 0.15) is 53.4 Å². The van der Waals surface area contributed by atoms with Crippen molar-refractivity contribution in [3.8, 4) is 0 Å². The topological polar surface area (TPSA) is 54.9 Å². The minimum atomic E-state index is 0. The Morgan fingerprint density at radius 1 is 1.25 bits per heavy atom. The first-order valence-electron chi connectivity index (χ1n) is 9.13. The van der Waals surface area contributed by atoms with Crippen molar-refractivity contribution in [2.24, 2.45) is 16.3 Å². The number of hydrogen-bond donors (Lipinski definition) is 2. The van der Waals surface area contributed by atoms with Crippen LogP contribution in [0.5, 0.6) is 0 Å². The van der Waals surface area contributed by atoms with Crippen LogP contribution in [-0.4, -0.2) is 52.0 Å². The fourth-order valence-electron chi connectivity index (χ4n) is 3.14. The van der Waals surface area contributed by atoms with E-state index in [4.69, 9.17) is 9.47 Å². The third-order valence-corrected chi connectivity index (χ3v) is 4.27. The van der Waals surface area contributed by atoms with Crippen LogP contribution < -0.4 is 10.6 Å². The minimum absolute atomic E-state index is 0. The van der Waals surface area contributed by atoms with Gasteiger partial charge in [-0.3, -0.25) is 4.99 Å². The third-order valence-electron chi connectivity index (χ3n) is 4.27. The summed E-state index contributed by atoms with van der Waals surface area (Å²) in [7, 11) is 1.83. The molecule has 2 N–H and O–H groups in total. The monoisotopic (exact) mass is 455 g/mol. The van der Waals surface area contributed by atoms with E-state index in [0.717, 1.165) is 58.1 Å². The predicted octanol–water partition coefficient (Wildman–Crippen LogP) is 3.43. The van der Waals surface area contributed by atoms with Gasteiger partial charge in [0.05, 0.1) is 6.10 Å². The largest absolute Gasteiger partial charge is 0.382 e. The maximum absolute atomic E-state index is 6.04. The van der Waals surface area contributed by atoms with Gasteiger partial charge in [0.2, 0.25) is 0 Å². The normalized spacial score (nSPS) is 22.0. The Balaban J connectivity index is 0.00000529. The van der Waals surface area contributed by atoms with E-state index in [1.807, 2.05) is 14.0 Å². The van der Waals surface area contributed by atoms with Crippen molar-refractivity contribution in [3.05, 3.63) is 0 Å². The minimum Gasteiger partial charge on any atom is -0.382 e. The number of hydrogen-bond acceptors (Lipinski definition) is 3. The average molecular weight is 455 g/mol. The summed E-state index contributed by atoms with van der Waals surface area (Å²) in [4.78, 5) is 4.32. The zero-order valence-electron chi connectivity index (χ0n) is 16.2. The van der Waals surface area contributed by atoms with Crippen molar-refractivity contribution in [2.75, 3.05) is 40.0 Å². The molecule has 1 fully saturated rings. The summed E-state index contributed by atoms with van der Waals surface area (Å²) in [5.74, 6) is 1.43. The molecule has 1 aliphatic heterocycles. The molecule has 1 rings (SSSR count). The molecular weight excluding hydrogens is 417 g/mol. The molecule has 0 saturated carbocycles. The Morgan fingerprint density at radius 3 is 2.62 bits per heavy atom. The Hall–Kier alpha value is -0.0800. The molecule has 0 bridgehead atoms. The number of guanidine groups is 1. The zero-order chi connectivity index (χ0) is 17.1. The summed E-state index contributed by atoms with van der Waals surface area (Å²) in [5, 5.41) is 6.85. The molecule has 0 aromatic rings. The lowest BCUT2D eigenvalue weighted by atomic mass is 9.78. The molecule has 1 heterocycles. The molecule has 0 aromatic carbocycles. The van der Waals surface area contributed by atoms with Crippen molar-refractivity contribution < 1.29 is 9.47 Å². The molecule has 0 amide bonds. The smallest absolute Gasteiger partial charge is 0.190 e. The molecule has 6 heteroatoms. The number of rotatable bonds is 8. The van der Waals surface area contributed by atoms with Crippen LogP contribution in [0.3, 0.4) is 0 Å². The van der Waals surface area contributed by atoms with Gasteiger partial charge in [0.1, 0.15) is 0 Å². The van der Waals surface area contributed by atoms with Gasteiger partial charge in [-0.1, -0.05) is 20.8 Å². The SMILES string of the molecule is CCOCCCCNC(=NC)NCC1CCCOC1C(C)(C)C.I. The van der Waals surface area contributed by atoms with Crippen LogP contribution in [0.2, 0.25) is 0 Å². The van der Waals surface area contributed by atoms with Gasteiger partial charge >= 0.3 is 0 Å². The molecule has 0 aromatic heterocycles. The Bertz CT molecular complexity index is 346. The highest BCUT2D eigenvalue weighted by atomic mass is 127. The maximum atomic E-state index is 6.04. The quantitative estimate of drug-likeness (QED) is 0.255. The first-order chi connectivity index (χ1) is 11.0. The molecular formula is C18H38IN3O2. The highest BCUT2D eigenvalue weighted by Gasteiger charge is 2.35. The Labute approximate surface area is 165 Å². The van der Waals surface area contributed by atoms with Crippen LogP contribution in [0.4, 0.5) is 0 Å². The van der Waals surface area contributed by atoms with E-state index in [9.17, 15) is 0 Å². The maximum Gasteiger partial charge on any atom is 0.190 e. The highest BCUT2D eigenvalue weighted by Crippen LogP contribution is 2.33. The van der Waals surface area contributed by atoms with Gasteiger partial charge in [-0.25, -0.2) is 0 Å². The molecule has 144 valence electrons. The van der Waals surface area contributed by atoms with Crippen LogP contribution >= 0.6 is 24.0 Å². The van der Waals surface area contributed by atoms with Crippen molar-refractivity contribution >= 4 is 29.9 Å². The number of nitrogens with one attached hydrogen (secondary N) is 2. The van der Waals surface area contributed by atoms with Crippen molar-refractivity contribution in [3.63, 3.8) is 0 Å². The average Bonchev–Trinajstić information content (AvgIpc) is 2.53. The van der Waals surface area contributed by atoms with Gasteiger partial charge in [-0.15, -0.1) is 24.0 Å². The predicted molar refractivity (Wildman–Crippen MR) is 112 cm³/mol. The lowest BCUT2D eigenvalue weighted by Gasteiger charge is -2.40. The number of aliphatic imine (C=N–C) groups is 1. The molecule has 0 radical (unpaired) electrons. The third kappa shape index (κ3) is 9.42. The second-order valence-electron chi connectivity index (χ2n) is 7.34. The summed E-state index contributed by atoms with van der Waals surface area (Å²) in [6.45, 7) is 13.2. The zero-order valence-corrected chi connectivity index (χ0v) is 18.5. The van der Waals surface area contributed by atoms with Crippen molar-refractivity contribution in [1.29, 1.82) is 0 Å². The first-order valence-corrected chi connectivity index (χ1v) is 9.13. The van der Waals surface area contributed by atoms with Crippen LogP contribution in [0, 0.1) is 11.3 Å². The molecule has 0 aliphatic carbocycles. The van der Waals surface area contributed by atoms with E-state index in [2.05, 4.69) is 36.4 Å². The Morgan fingerprint density at radius 2 is 2.00 bits per heavy atom. The van der Waals surface area contributed by atoms with E-state index in [1.54, 1.807) is 0 Å². The van der Waals surface area contributed by atoms with Gasteiger partial charge in [0.15, 0.2) is 5.96 Å². The van der Waals surface area contributed by atoms with E-state index in [1.165, 1.54) is 6.42 Å². The van der Waals surface area contributed by atoms with Crippen molar-refractivity contribution in [2.45, 2.75) is 59.5 Å². The number of halogens is 1. The summed E-state index contributed by atoms with van der Waals surface area (Å²) < 4.78 is 11.4. The van der Waals surface area contributed by atoms with Crippen LogP contribution in [-0.2, 0) is 9.47 Å². The molecule has 5 nitrogen and oxygen atoms in total. The Kier molecular flexibility index (Phi) is 13.1. The first kappa shape index (κ1) is 23.9. The van der Waals surface area contributed by atoms with E-state index in [-0.39, 0.29) is 29.4 Å². The standard InChI is InChI=1S/C18H37N3O2.HI/c1-6-22-12-8-7-11-20-17(19-5)21-14-15-10-9-13-23-16(15)18(2,3)4;/h15-16H,6-14H2,1-5H3,(H2,19,20,21);1H.